The van der Waals surface area contributed by atoms with Crippen LogP contribution in [0.5, 0.6) is 23.0 Å². The molecule has 33 heavy (non-hydrogen) atoms. The van der Waals surface area contributed by atoms with Crippen LogP contribution in [-0.4, -0.2) is 31.5 Å². The Morgan fingerprint density at radius 1 is 0.909 bits per heavy atom. The van der Waals surface area contributed by atoms with Crippen molar-refractivity contribution in [3.05, 3.63) is 57.8 Å². The maximum absolute atomic E-state index is 6.55. The third-order valence-corrected chi connectivity index (χ3v) is 6.69. The second kappa shape index (κ2) is 8.96. The number of hydrogen-bond acceptors (Lipinski definition) is 7. The van der Waals surface area contributed by atoms with Crippen molar-refractivity contribution >= 4 is 0 Å². The van der Waals surface area contributed by atoms with E-state index in [1.165, 1.54) is 5.56 Å². The van der Waals surface area contributed by atoms with Crippen LogP contribution in [-0.2, 0) is 24.9 Å². The quantitative estimate of drug-likeness (QED) is 0.497. The molecule has 0 bridgehead atoms. The van der Waals surface area contributed by atoms with E-state index < -0.39 is 5.60 Å². The number of aryl methyl sites for hydroxylation is 2. The minimum atomic E-state index is -0.667. The predicted octanol–water partition coefficient (Wildman–Crippen LogP) is 5.05. The summed E-state index contributed by atoms with van der Waals surface area (Å²) in [6.45, 7) is 8.25. The SMILES string of the molecule is COc1ccc(CCc2nnc(C3(C)CCc4c(C)c(OC)c(C)c(C)c4O3)o2)cc1OC. The van der Waals surface area contributed by atoms with Gasteiger partial charge < -0.3 is 23.4 Å². The Balaban J connectivity index is 1.52. The largest absolute Gasteiger partial charge is 0.496 e. The van der Waals surface area contributed by atoms with E-state index in [9.17, 15) is 0 Å². The summed E-state index contributed by atoms with van der Waals surface area (Å²) in [5, 5.41) is 8.65. The standard InChI is InChI=1S/C26H32N2O5/c1-15-16(2)24-19(17(3)23(15)31-7)12-13-26(4,33-24)25-28-27-22(32-25)11-9-18-8-10-20(29-5)21(14-18)30-6/h8,10,14H,9,11-13H2,1-7H3. The Labute approximate surface area is 195 Å². The molecule has 0 spiro atoms. The van der Waals surface area contributed by atoms with E-state index in [2.05, 4.69) is 31.0 Å². The van der Waals surface area contributed by atoms with Crippen molar-refractivity contribution in [3.8, 4) is 23.0 Å². The van der Waals surface area contributed by atoms with Gasteiger partial charge >= 0.3 is 0 Å². The van der Waals surface area contributed by atoms with E-state index in [1.807, 2.05) is 25.1 Å². The fourth-order valence-corrected chi connectivity index (χ4v) is 4.55. The van der Waals surface area contributed by atoms with Gasteiger partial charge in [-0.05, 0) is 74.9 Å². The van der Waals surface area contributed by atoms with Gasteiger partial charge in [-0.3, -0.25) is 0 Å². The minimum absolute atomic E-state index is 0.515. The van der Waals surface area contributed by atoms with Crippen LogP contribution < -0.4 is 18.9 Å². The molecule has 2 aromatic carbocycles. The lowest BCUT2D eigenvalue weighted by Crippen LogP contribution is -2.35. The molecular formula is C26H32N2O5. The van der Waals surface area contributed by atoms with Crippen LogP contribution in [0.4, 0.5) is 0 Å². The van der Waals surface area contributed by atoms with Crippen LogP contribution in [0, 0.1) is 20.8 Å². The summed E-state index contributed by atoms with van der Waals surface area (Å²) in [5.74, 6) is 4.37. The fourth-order valence-electron chi connectivity index (χ4n) is 4.55. The van der Waals surface area contributed by atoms with Crippen LogP contribution in [0.3, 0.4) is 0 Å². The summed E-state index contributed by atoms with van der Waals surface area (Å²) >= 11 is 0. The summed E-state index contributed by atoms with van der Waals surface area (Å²) in [6, 6.07) is 5.90. The first-order valence-corrected chi connectivity index (χ1v) is 11.2. The number of ether oxygens (including phenoxy) is 4. The Morgan fingerprint density at radius 3 is 2.36 bits per heavy atom. The molecular weight excluding hydrogens is 420 g/mol. The zero-order chi connectivity index (χ0) is 23.8. The fraction of sp³-hybridized carbons (Fsp3) is 0.462. The highest BCUT2D eigenvalue weighted by molar-refractivity contribution is 5.59. The second-order valence-corrected chi connectivity index (χ2v) is 8.74. The highest BCUT2D eigenvalue weighted by atomic mass is 16.5. The molecule has 176 valence electrons. The molecule has 3 aromatic rings. The number of hydrogen-bond donors (Lipinski definition) is 0. The molecule has 1 unspecified atom stereocenters. The summed E-state index contributed by atoms with van der Waals surface area (Å²) in [6.07, 6.45) is 2.99. The normalized spacial score (nSPS) is 17.3. The predicted molar refractivity (Wildman–Crippen MR) is 125 cm³/mol. The average molecular weight is 453 g/mol. The molecule has 0 fully saturated rings. The first-order valence-electron chi connectivity index (χ1n) is 11.2. The van der Waals surface area contributed by atoms with Gasteiger partial charge in [0.1, 0.15) is 11.5 Å². The lowest BCUT2D eigenvalue weighted by Gasteiger charge is -2.35. The third kappa shape index (κ3) is 4.12. The molecule has 1 atom stereocenters. The molecule has 0 N–H and O–H groups in total. The Bertz CT molecular complexity index is 1170. The molecule has 0 radical (unpaired) electrons. The third-order valence-electron chi connectivity index (χ3n) is 6.69. The summed E-state index contributed by atoms with van der Waals surface area (Å²) < 4.78 is 29.0. The monoisotopic (exact) mass is 452 g/mol. The number of aromatic nitrogens is 2. The smallest absolute Gasteiger partial charge is 0.259 e. The zero-order valence-electron chi connectivity index (χ0n) is 20.5. The van der Waals surface area contributed by atoms with Crippen LogP contribution in [0.2, 0.25) is 0 Å². The van der Waals surface area contributed by atoms with E-state index in [0.29, 0.717) is 29.7 Å². The van der Waals surface area contributed by atoms with Crippen LogP contribution in [0.1, 0.15) is 52.9 Å². The molecule has 0 amide bonds. The number of fused-ring (bicyclic) bond motifs is 1. The summed E-state index contributed by atoms with van der Waals surface area (Å²) in [5.41, 5.74) is 4.96. The molecule has 7 nitrogen and oxygen atoms in total. The molecule has 1 aliphatic rings. The second-order valence-electron chi connectivity index (χ2n) is 8.74. The van der Waals surface area contributed by atoms with Gasteiger partial charge in [-0.15, -0.1) is 10.2 Å². The maximum Gasteiger partial charge on any atom is 0.259 e. The van der Waals surface area contributed by atoms with Gasteiger partial charge in [0.25, 0.3) is 5.89 Å². The molecule has 0 aliphatic carbocycles. The molecule has 4 rings (SSSR count). The number of nitrogens with zero attached hydrogens (tertiary/aromatic N) is 2. The van der Waals surface area contributed by atoms with Gasteiger partial charge in [0.2, 0.25) is 5.89 Å². The Morgan fingerprint density at radius 2 is 1.67 bits per heavy atom. The molecule has 1 aliphatic heterocycles. The number of methoxy groups -OCH3 is 3. The van der Waals surface area contributed by atoms with E-state index in [-0.39, 0.29) is 0 Å². The number of rotatable bonds is 7. The zero-order valence-corrected chi connectivity index (χ0v) is 20.5. The van der Waals surface area contributed by atoms with Crippen molar-refractivity contribution in [1.82, 2.24) is 10.2 Å². The first kappa shape index (κ1) is 23.0. The van der Waals surface area contributed by atoms with E-state index in [1.54, 1.807) is 21.3 Å². The average Bonchev–Trinajstić information content (AvgIpc) is 3.31. The first-order chi connectivity index (χ1) is 15.8. The molecule has 2 heterocycles. The highest BCUT2D eigenvalue weighted by Crippen LogP contribution is 2.46. The molecule has 7 heteroatoms. The minimum Gasteiger partial charge on any atom is -0.496 e. The van der Waals surface area contributed by atoms with Crippen molar-refractivity contribution in [2.75, 3.05) is 21.3 Å². The molecule has 0 saturated heterocycles. The summed E-state index contributed by atoms with van der Waals surface area (Å²) in [4.78, 5) is 0. The van der Waals surface area contributed by atoms with E-state index in [4.69, 9.17) is 23.4 Å². The van der Waals surface area contributed by atoms with Crippen molar-refractivity contribution < 1.29 is 23.4 Å². The highest BCUT2D eigenvalue weighted by Gasteiger charge is 2.40. The molecule has 0 saturated carbocycles. The van der Waals surface area contributed by atoms with Gasteiger partial charge in [-0.25, -0.2) is 0 Å². The Kier molecular flexibility index (Phi) is 6.23. The Hall–Kier alpha value is -3.22. The van der Waals surface area contributed by atoms with Crippen LogP contribution in [0.15, 0.2) is 22.6 Å². The topological polar surface area (TPSA) is 75.8 Å². The lowest BCUT2D eigenvalue weighted by molar-refractivity contribution is 0.0324. The van der Waals surface area contributed by atoms with Gasteiger partial charge in [-0.2, -0.15) is 0 Å². The molecule has 1 aromatic heterocycles. The summed E-state index contributed by atoms with van der Waals surface area (Å²) in [7, 11) is 4.98. The van der Waals surface area contributed by atoms with Gasteiger partial charge in [0.05, 0.1) is 21.3 Å². The van der Waals surface area contributed by atoms with Gasteiger partial charge in [0, 0.05) is 18.4 Å². The van der Waals surface area contributed by atoms with Crippen molar-refractivity contribution in [2.24, 2.45) is 0 Å². The number of benzene rings is 2. The lowest BCUT2D eigenvalue weighted by atomic mass is 9.87. The van der Waals surface area contributed by atoms with Crippen molar-refractivity contribution in [3.63, 3.8) is 0 Å². The van der Waals surface area contributed by atoms with Gasteiger partial charge in [-0.1, -0.05) is 6.07 Å². The van der Waals surface area contributed by atoms with Crippen LogP contribution >= 0.6 is 0 Å². The van der Waals surface area contributed by atoms with Crippen LogP contribution in [0.25, 0.3) is 0 Å². The van der Waals surface area contributed by atoms with Crippen molar-refractivity contribution in [2.45, 2.75) is 59.0 Å². The van der Waals surface area contributed by atoms with Crippen molar-refractivity contribution in [1.29, 1.82) is 0 Å². The van der Waals surface area contributed by atoms with E-state index in [0.717, 1.165) is 53.0 Å². The van der Waals surface area contributed by atoms with Gasteiger partial charge in [0.15, 0.2) is 17.1 Å². The maximum atomic E-state index is 6.55. The van der Waals surface area contributed by atoms with E-state index >= 15 is 0 Å².